The average Bonchev–Trinajstić information content (AvgIpc) is 2.97. The second kappa shape index (κ2) is 7.25. The van der Waals surface area contributed by atoms with Crippen molar-refractivity contribution in [3.05, 3.63) is 86.0 Å². The normalized spacial score (nSPS) is 28.7. The van der Waals surface area contributed by atoms with Crippen LogP contribution in [0.5, 0.6) is 0 Å². The topological polar surface area (TPSA) is 125 Å². The van der Waals surface area contributed by atoms with Crippen LogP contribution in [0, 0.1) is 20.2 Å². The largest absolute Gasteiger partial charge is 0.468 e. The van der Waals surface area contributed by atoms with Crippen molar-refractivity contribution in [1.82, 2.24) is 5.32 Å². The molecule has 1 aliphatic rings. The Labute approximate surface area is 167 Å². The van der Waals surface area contributed by atoms with Gasteiger partial charge in [0.2, 0.25) is 5.54 Å². The fourth-order valence-corrected chi connectivity index (χ4v) is 4.41. The van der Waals surface area contributed by atoms with Crippen LogP contribution in [0.3, 0.4) is 0 Å². The van der Waals surface area contributed by atoms with E-state index >= 15 is 0 Å². The first-order chi connectivity index (χ1) is 13.7. The minimum Gasteiger partial charge on any atom is -0.468 e. The van der Waals surface area contributed by atoms with Crippen molar-refractivity contribution in [2.75, 3.05) is 7.11 Å². The SMILES string of the molecule is COC(=O)[C@@]1(C)N[C@@H](c2ccc([N+](=O)[O-])cc2)[C@@](C)([N+](=O)[O-])[C@@H]1c1ccccc1. The van der Waals surface area contributed by atoms with Crippen LogP contribution in [-0.4, -0.2) is 34.0 Å². The Bertz CT molecular complexity index is 948. The predicted molar refractivity (Wildman–Crippen MR) is 104 cm³/mol. The first-order valence-corrected chi connectivity index (χ1v) is 8.96. The average molecular weight is 399 g/mol. The lowest BCUT2D eigenvalue weighted by Gasteiger charge is -2.32. The van der Waals surface area contributed by atoms with Crippen molar-refractivity contribution in [2.24, 2.45) is 0 Å². The van der Waals surface area contributed by atoms with Gasteiger partial charge in [-0.25, -0.2) is 0 Å². The van der Waals surface area contributed by atoms with E-state index in [1.54, 1.807) is 37.3 Å². The number of ether oxygens (including phenoxy) is 1. The zero-order valence-electron chi connectivity index (χ0n) is 16.2. The molecule has 0 amide bonds. The smallest absolute Gasteiger partial charge is 0.326 e. The number of hydrogen-bond donors (Lipinski definition) is 1. The van der Waals surface area contributed by atoms with E-state index in [4.69, 9.17) is 4.74 Å². The highest BCUT2D eigenvalue weighted by Gasteiger charge is 2.69. The number of nitrogens with one attached hydrogen (secondary N) is 1. The Morgan fingerprint density at radius 3 is 2.07 bits per heavy atom. The van der Waals surface area contributed by atoms with Gasteiger partial charge in [0.1, 0.15) is 11.6 Å². The second-order valence-electron chi connectivity index (χ2n) is 7.45. The highest BCUT2D eigenvalue weighted by molar-refractivity contribution is 5.83. The molecule has 0 aliphatic carbocycles. The minimum absolute atomic E-state index is 0.120. The van der Waals surface area contributed by atoms with Gasteiger partial charge < -0.3 is 4.74 Å². The number of nitrogens with zero attached hydrogens (tertiary/aromatic N) is 2. The van der Waals surface area contributed by atoms with Gasteiger partial charge in [0.15, 0.2) is 0 Å². The molecule has 1 aliphatic heterocycles. The van der Waals surface area contributed by atoms with Crippen LogP contribution in [-0.2, 0) is 9.53 Å². The number of non-ortho nitro benzene ring substituents is 1. The fourth-order valence-electron chi connectivity index (χ4n) is 4.41. The van der Waals surface area contributed by atoms with Gasteiger partial charge in [-0.3, -0.25) is 30.3 Å². The van der Waals surface area contributed by atoms with Gasteiger partial charge in [-0.15, -0.1) is 0 Å². The van der Waals surface area contributed by atoms with Gasteiger partial charge in [0.05, 0.1) is 18.0 Å². The maximum absolute atomic E-state index is 12.8. The number of carbonyl (C=O) groups excluding carboxylic acids is 1. The summed E-state index contributed by atoms with van der Waals surface area (Å²) in [6, 6.07) is 13.4. The molecule has 1 fully saturated rings. The molecular weight excluding hydrogens is 378 g/mol. The number of hydrogen-bond acceptors (Lipinski definition) is 7. The summed E-state index contributed by atoms with van der Waals surface area (Å²) in [7, 11) is 1.24. The first-order valence-electron chi connectivity index (χ1n) is 8.96. The van der Waals surface area contributed by atoms with E-state index in [1.165, 1.54) is 38.3 Å². The molecule has 152 valence electrons. The van der Waals surface area contributed by atoms with Gasteiger partial charge in [-0.1, -0.05) is 42.5 Å². The number of esters is 1. The molecule has 0 bridgehead atoms. The van der Waals surface area contributed by atoms with Crippen molar-refractivity contribution in [1.29, 1.82) is 0 Å². The third-order valence-corrected chi connectivity index (χ3v) is 5.76. The Morgan fingerprint density at radius 1 is 1.00 bits per heavy atom. The lowest BCUT2D eigenvalue weighted by Crippen LogP contribution is -2.51. The Morgan fingerprint density at radius 2 is 1.59 bits per heavy atom. The van der Waals surface area contributed by atoms with Crippen LogP contribution in [0.2, 0.25) is 0 Å². The first kappa shape index (κ1) is 20.4. The molecule has 2 aromatic rings. The maximum atomic E-state index is 12.8. The minimum atomic E-state index is -1.62. The summed E-state index contributed by atoms with van der Waals surface area (Å²) in [5.74, 6) is -1.47. The number of nitro benzene ring substituents is 1. The summed E-state index contributed by atoms with van der Waals surface area (Å²) in [6.07, 6.45) is 0. The van der Waals surface area contributed by atoms with Crippen LogP contribution in [0.4, 0.5) is 5.69 Å². The van der Waals surface area contributed by atoms with Gasteiger partial charge in [0.25, 0.3) is 5.69 Å². The lowest BCUT2D eigenvalue weighted by atomic mass is 9.70. The molecular formula is C20H21N3O6. The van der Waals surface area contributed by atoms with Crippen molar-refractivity contribution in [3.8, 4) is 0 Å². The third-order valence-electron chi connectivity index (χ3n) is 5.76. The summed E-state index contributed by atoms with van der Waals surface area (Å²) in [5.41, 5.74) is -2.03. The monoisotopic (exact) mass is 399 g/mol. The van der Waals surface area contributed by atoms with E-state index in [1.807, 2.05) is 0 Å². The molecule has 0 unspecified atom stereocenters. The van der Waals surface area contributed by atoms with E-state index in [-0.39, 0.29) is 5.69 Å². The summed E-state index contributed by atoms with van der Waals surface area (Å²) in [4.78, 5) is 35.2. The van der Waals surface area contributed by atoms with Gasteiger partial charge in [-0.05, 0) is 18.1 Å². The molecule has 9 heteroatoms. The van der Waals surface area contributed by atoms with E-state index in [0.717, 1.165) is 0 Å². The molecule has 0 saturated carbocycles. The summed E-state index contributed by atoms with van der Waals surface area (Å²) < 4.78 is 4.98. The molecule has 4 atom stereocenters. The maximum Gasteiger partial charge on any atom is 0.326 e. The van der Waals surface area contributed by atoms with Gasteiger partial charge in [-0.2, -0.15) is 0 Å². The molecule has 2 aromatic carbocycles. The molecule has 1 saturated heterocycles. The summed E-state index contributed by atoms with van der Waals surface area (Å²) in [6.45, 7) is 3.07. The fraction of sp³-hybridized carbons (Fsp3) is 0.350. The quantitative estimate of drug-likeness (QED) is 0.465. The van der Waals surface area contributed by atoms with E-state index in [2.05, 4.69) is 5.32 Å². The van der Waals surface area contributed by atoms with Crippen molar-refractivity contribution < 1.29 is 19.4 Å². The number of benzene rings is 2. The summed E-state index contributed by atoms with van der Waals surface area (Å²) >= 11 is 0. The van der Waals surface area contributed by atoms with Crippen LogP contribution < -0.4 is 5.32 Å². The molecule has 0 aromatic heterocycles. The number of carbonyl (C=O) groups is 1. The number of nitro groups is 2. The Kier molecular flexibility index (Phi) is 5.10. The second-order valence-corrected chi connectivity index (χ2v) is 7.45. The molecule has 0 radical (unpaired) electrons. The molecule has 29 heavy (non-hydrogen) atoms. The molecule has 9 nitrogen and oxygen atoms in total. The Balaban J connectivity index is 2.21. The predicted octanol–water partition coefficient (Wildman–Crippen LogP) is 2.99. The third kappa shape index (κ3) is 3.13. The zero-order valence-corrected chi connectivity index (χ0v) is 16.2. The summed E-state index contributed by atoms with van der Waals surface area (Å²) in [5, 5.41) is 26.4. The standard InChI is InChI=1S/C20H21N3O6/c1-19(18(24)29-3)16(13-7-5-4-6-8-13)20(2,23(27)28)17(21-19)14-9-11-15(12-10-14)22(25)26/h4-12,16-17,21H,1-3H3/t16-,17+,19+,20+/m1/s1. The van der Waals surface area contributed by atoms with Crippen LogP contribution >= 0.6 is 0 Å². The number of methoxy groups -OCH3 is 1. The zero-order chi connectivity index (χ0) is 21.4. The van der Waals surface area contributed by atoms with Gasteiger partial charge in [0, 0.05) is 24.0 Å². The van der Waals surface area contributed by atoms with Crippen LogP contribution in [0.1, 0.15) is 36.9 Å². The van der Waals surface area contributed by atoms with Crippen molar-refractivity contribution >= 4 is 11.7 Å². The van der Waals surface area contributed by atoms with E-state index in [0.29, 0.717) is 11.1 Å². The highest BCUT2D eigenvalue weighted by Crippen LogP contribution is 2.53. The lowest BCUT2D eigenvalue weighted by molar-refractivity contribution is -0.571. The van der Waals surface area contributed by atoms with Crippen molar-refractivity contribution in [2.45, 2.75) is 36.9 Å². The van der Waals surface area contributed by atoms with Crippen LogP contribution in [0.25, 0.3) is 0 Å². The molecule has 1 N–H and O–H groups in total. The highest BCUT2D eigenvalue weighted by atomic mass is 16.6. The van der Waals surface area contributed by atoms with Crippen molar-refractivity contribution in [3.63, 3.8) is 0 Å². The molecule has 0 spiro atoms. The molecule has 1 heterocycles. The Hall–Kier alpha value is -3.33. The van der Waals surface area contributed by atoms with E-state index in [9.17, 15) is 25.0 Å². The van der Waals surface area contributed by atoms with E-state index < -0.39 is 38.9 Å². The van der Waals surface area contributed by atoms with Gasteiger partial charge >= 0.3 is 5.97 Å². The van der Waals surface area contributed by atoms with Crippen LogP contribution in [0.15, 0.2) is 54.6 Å². The number of rotatable bonds is 5. The molecule has 3 rings (SSSR count).